The van der Waals surface area contributed by atoms with Gasteiger partial charge in [-0.3, -0.25) is 9.69 Å². The Balaban J connectivity index is 0.000000505. The lowest BCUT2D eigenvalue weighted by Gasteiger charge is -2.28. The molecule has 2 atom stereocenters. The van der Waals surface area contributed by atoms with Gasteiger partial charge in [-0.25, -0.2) is 13.2 Å². The minimum absolute atomic E-state index is 0.205. The van der Waals surface area contributed by atoms with Crippen LogP contribution in [-0.2, 0) is 14.6 Å². The molecule has 0 aromatic heterocycles. The molecule has 2 aliphatic heterocycles. The number of nitrogens with zero attached hydrogens (tertiary/aromatic N) is 2. The van der Waals surface area contributed by atoms with Crippen molar-refractivity contribution >= 4 is 33.1 Å². The van der Waals surface area contributed by atoms with E-state index < -0.39 is 22.0 Å². The van der Waals surface area contributed by atoms with E-state index in [1.165, 1.54) is 43.6 Å². The molecule has 2 N–H and O–H groups in total. The van der Waals surface area contributed by atoms with E-state index >= 15 is 0 Å². The molecule has 2 unspecified atom stereocenters. The maximum atomic E-state index is 12.6. The number of amides is 1. The largest absolute Gasteiger partial charge is 0.490 e. The van der Waals surface area contributed by atoms with Gasteiger partial charge in [0, 0.05) is 48.4 Å². The van der Waals surface area contributed by atoms with Crippen LogP contribution in [0.4, 0.5) is 24.5 Å². The Kier molecular flexibility index (Phi) is 9.09. The van der Waals surface area contributed by atoms with Gasteiger partial charge in [-0.2, -0.15) is 13.2 Å². The van der Waals surface area contributed by atoms with Crippen LogP contribution in [0.15, 0.2) is 47.4 Å². The SMILES string of the molecule is Cc1cc(N2CCC(N3CCCC3C)C2)ccc1NC(=O)c1ccc(S(C)(=O)=O)cc1.O=C(O)C(F)(F)F. The number of hydrogen-bond acceptors (Lipinski definition) is 6. The number of alkyl halides is 3. The van der Waals surface area contributed by atoms with Crippen molar-refractivity contribution in [1.82, 2.24) is 4.90 Å². The van der Waals surface area contributed by atoms with E-state index in [9.17, 15) is 26.4 Å². The molecular weight excluding hydrogens is 523 g/mol. The molecular formula is C26H32F3N3O5S. The fourth-order valence-corrected chi connectivity index (χ4v) is 5.41. The number of benzene rings is 2. The van der Waals surface area contributed by atoms with Crippen LogP contribution in [0.25, 0.3) is 0 Å². The standard InChI is InChI=1S/C24H31N3O3S.C2HF3O2/c1-17-15-20(26-14-12-21(16-26)27-13-4-5-18(27)2)8-11-23(17)25-24(28)19-6-9-22(10-7-19)31(3,29)30;3-2(4,5)1(6)7/h6-11,15,18,21H,4-5,12-14,16H2,1-3H3,(H,25,28);(H,6,7). The van der Waals surface area contributed by atoms with Crippen molar-refractivity contribution < 1.29 is 36.3 Å². The summed E-state index contributed by atoms with van der Waals surface area (Å²) >= 11 is 0. The highest BCUT2D eigenvalue weighted by Gasteiger charge is 2.38. The highest BCUT2D eigenvalue weighted by atomic mass is 32.2. The molecule has 0 spiro atoms. The van der Waals surface area contributed by atoms with Crippen LogP contribution < -0.4 is 10.2 Å². The van der Waals surface area contributed by atoms with E-state index in [1.54, 1.807) is 12.1 Å². The van der Waals surface area contributed by atoms with Crippen molar-refractivity contribution in [2.45, 2.75) is 56.3 Å². The van der Waals surface area contributed by atoms with Gasteiger partial charge in [0.25, 0.3) is 5.91 Å². The number of carboxylic acids is 1. The lowest BCUT2D eigenvalue weighted by Crippen LogP contribution is -2.39. The maximum absolute atomic E-state index is 12.6. The van der Waals surface area contributed by atoms with E-state index in [1.807, 2.05) is 13.0 Å². The van der Waals surface area contributed by atoms with Gasteiger partial charge >= 0.3 is 12.1 Å². The predicted octanol–water partition coefficient (Wildman–Crippen LogP) is 4.35. The van der Waals surface area contributed by atoms with Gasteiger partial charge in [0.05, 0.1) is 4.90 Å². The molecule has 2 heterocycles. The van der Waals surface area contributed by atoms with Crippen molar-refractivity contribution in [2.24, 2.45) is 0 Å². The molecule has 8 nitrogen and oxygen atoms in total. The van der Waals surface area contributed by atoms with Crippen LogP contribution in [0, 0.1) is 6.92 Å². The Hall–Kier alpha value is -3.12. The first-order chi connectivity index (χ1) is 17.7. The summed E-state index contributed by atoms with van der Waals surface area (Å²) in [6, 6.07) is 13.5. The number of carbonyl (C=O) groups is 2. The third kappa shape index (κ3) is 7.47. The van der Waals surface area contributed by atoms with E-state index in [0.29, 0.717) is 17.6 Å². The Bertz CT molecular complexity index is 1270. The number of carbonyl (C=O) groups excluding carboxylic acids is 1. The van der Waals surface area contributed by atoms with Gasteiger partial charge in [0.15, 0.2) is 9.84 Å². The van der Waals surface area contributed by atoms with Crippen molar-refractivity contribution in [1.29, 1.82) is 0 Å². The molecule has 2 fully saturated rings. The van der Waals surface area contributed by atoms with Crippen LogP contribution in [0.2, 0.25) is 0 Å². The molecule has 4 rings (SSSR count). The zero-order chi connectivity index (χ0) is 28.3. The Morgan fingerprint density at radius 1 is 1.05 bits per heavy atom. The first kappa shape index (κ1) is 29.4. The molecule has 2 saturated heterocycles. The number of aryl methyl sites for hydroxylation is 1. The zero-order valence-corrected chi connectivity index (χ0v) is 22.3. The summed E-state index contributed by atoms with van der Waals surface area (Å²) < 4.78 is 54.9. The van der Waals surface area contributed by atoms with E-state index in [-0.39, 0.29) is 10.8 Å². The van der Waals surface area contributed by atoms with Crippen LogP contribution in [-0.4, -0.2) is 74.5 Å². The van der Waals surface area contributed by atoms with Gasteiger partial charge in [-0.15, -0.1) is 0 Å². The fourth-order valence-electron chi connectivity index (χ4n) is 4.78. The predicted molar refractivity (Wildman–Crippen MR) is 138 cm³/mol. The minimum atomic E-state index is -5.08. The summed E-state index contributed by atoms with van der Waals surface area (Å²) in [6.07, 6.45) is -0.115. The number of rotatable bonds is 5. The van der Waals surface area contributed by atoms with Gasteiger partial charge in [-0.1, -0.05) is 0 Å². The van der Waals surface area contributed by atoms with E-state index in [4.69, 9.17) is 9.90 Å². The second-order valence-electron chi connectivity index (χ2n) is 9.67. The van der Waals surface area contributed by atoms with Crippen molar-refractivity contribution in [2.75, 3.05) is 36.1 Å². The second kappa shape index (κ2) is 11.7. The molecule has 0 bridgehead atoms. The van der Waals surface area contributed by atoms with Crippen molar-refractivity contribution in [3.8, 4) is 0 Å². The minimum Gasteiger partial charge on any atom is -0.475 e. The average Bonchev–Trinajstić information content (AvgIpc) is 3.48. The number of anilines is 2. The maximum Gasteiger partial charge on any atom is 0.490 e. The molecule has 0 saturated carbocycles. The van der Waals surface area contributed by atoms with Crippen LogP contribution >= 0.6 is 0 Å². The summed E-state index contributed by atoms with van der Waals surface area (Å²) in [5.74, 6) is -3.01. The zero-order valence-electron chi connectivity index (χ0n) is 21.5. The number of halogens is 3. The topological polar surface area (TPSA) is 107 Å². The Morgan fingerprint density at radius 2 is 1.68 bits per heavy atom. The first-order valence-corrected chi connectivity index (χ1v) is 14.1. The van der Waals surface area contributed by atoms with Gasteiger partial charge < -0.3 is 15.3 Å². The quantitative estimate of drug-likeness (QED) is 0.565. The van der Waals surface area contributed by atoms with Crippen LogP contribution in [0.5, 0.6) is 0 Å². The van der Waals surface area contributed by atoms with Gasteiger partial charge in [0.1, 0.15) is 0 Å². The summed E-state index contributed by atoms with van der Waals surface area (Å²) in [7, 11) is -3.28. The number of carboxylic acid groups (broad SMARTS) is 1. The van der Waals surface area contributed by atoms with Crippen LogP contribution in [0.3, 0.4) is 0 Å². The molecule has 0 aliphatic carbocycles. The normalized spacial score (nSPS) is 20.1. The molecule has 2 aromatic carbocycles. The van der Waals surface area contributed by atoms with Crippen LogP contribution in [0.1, 0.15) is 42.1 Å². The molecule has 208 valence electrons. The highest BCUT2D eigenvalue weighted by molar-refractivity contribution is 7.90. The highest BCUT2D eigenvalue weighted by Crippen LogP contribution is 2.30. The third-order valence-electron chi connectivity index (χ3n) is 6.85. The van der Waals surface area contributed by atoms with Crippen molar-refractivity contribution in [3.05, 3.63) is 53.6 Å². The van der Waals surface area contributed by atoms with Gasteiger partial charge in [0.2, 0.25) is 0 Å². The van der Waals surface area contributed by atoms with Crippen molar-refractivity contribution in [3.63, 3.8) is 0 Å². The summed E-state index contributed by atoms with van der Waals surface area (Å²) in [6.45, 7) is 7.68. The fraction of sp³-hybridized carbons (Fsp3) is 0.462. The first-order valence-electron chi connectivity index (χ1n) is 12.2. The van der Waals surface area contributed by atoms with Gasteiger partial charge in [-0.05, 0) is 87.7 Å². The molecule has 2 aromatic rings. The number of sulfone groups is 1. The lowest BCUT2D eigenvalue weighted by molar-refractivity contribution is -0.192. The summed E-state index contributed by atoms with van der Waals surface area (Å²) in [5.41, 5.74) is 3.40. The third-order valence-corrected chi connectivity index (χ3v) is 7.98. The molecule has 38 heavy (non-hydrogen) atoms. The molecule has 2 aliphatic rings. The number of aliphatic carboxylic acids is 1. The second-order valence-corrected chi connectivity index (χ2v) is 11.7. The molecule has 12 heteroatoms. The Labute approximate surface area is 220 Å². The number of nitrogens with one attached hydrogen (secondary N) is 1. The molecule has 1 amide bonds. The summed E-state index contributed by atoms with van der Waals surface area (Å²) in [4.78, 5) is 26.8. The molecule has 0 radical (unpaired) electrons. The van der Waals surface area contributed by atoms with E-state index in [2.05, 4.69) is 34.2 Å². The Morgan fingerprint density at radius 3 is 2.18 bits per heavy atom. The average molecular weight is 556 g/mol. The lowest BCUT2D eigenvalue weighted by atomic mass is 10.1. The van der Waals surface area contributed by atoms with E-state index in [0.717, 1.165) is 30.6 Å². The monoisotopic (exact) mass is 555 g/mol. The number of likely N-dealkylation sites (tertiary alicyclic amines) is 1. The smallest absolute Gasteiger partial charge is 0.475 e. The summed E-state index contributed by atoms with van der Waals surface area (Å²) in [5, 5.41) is 10.1. The number of hydrogen-bond donors (Lipinski definition) is 2.